The Hall–Kier alpha value is -1.10. The molecule has 0 aliphatic carbocycles. The molecule has 0 amide bonds. The third kappa shape index (κ3) is 1.81. The number of hydrogen-bond acceptors (Lipinski definition) is 4. The lowest BCUT2D eigenvalue weighted by molar-refractivity contribution is 0.0986. The average Bonchev–Trinajstić information content (AvgIpc) is 2.78. The summed E-state index contributed by atoms with van der Waals surface area (Å²) >= 11 is 0. The molecule has 0 saturated carbocycles. The van der Waals surface area contributed by atoms with Crippen molar-refractivity contribution in [3.8, 4) is 0 Å². The highest BCUT2D eigenvalue weighted by atomic mass is 32.2. The first kappa shape index (κ1) is 13.3. The monoisotopic (exact) mass is 270 g/mol. The smallest absolute Gasteiger partial charge is 0.195 e. The Morgan fingerprint density at radius 2 is 2.11 bits per heavy atom. The van der Waals surface area contributed by atoms with E-state index in [-0.39, 0.29) is 11.5 Å². The molecule has 0 N–H and O–H groups in total. The minimum atomic E-state index is -3.22. The Labute approximate surface area is 107 Å². The molecule has 0 spiro atoms. The van der Waals surface area contributed by atoms with Crippen LogP contribution in [0, 0.1) is 0 Å². The molecule has 0 fully saturated rings. The Kier molecular flexibility index (Phi) is 3.36. The predicted molar refractivity (Wildman–Crippen MR) is 68.3 cm³/mol. The minimum Gasteiger partial charge on any atom is -0.461 e. The first-order chi connectivity index (χ1) is 8.41. The van der Waals surface area contributed by atoms with Crippen molar-refractivity contribution in [3.05, 3.63) is 23.2 Å². The average molecular weight is 270 g/mol. The summed E-state index contributed by atoms with van der Waals surface area (Å²) in [4.78, 5) is 11.5. The van der Waals surface area contributed by atoms with E-state index in [9.17, 15) is 13.2 Å². The molecule has 100 valence electrons. The SMILES string of the molecule is CCCC[C@H]1c2c(coc2C(C)=O)[C@@H](C)S1(=O)=O. The molecule has 2 rings (SSSR count). The van der Waals surface area contributed by atoms with Gasteiger partial charge >= 0.3 is 0 Å². The molecule has 1 aromatic heterocycles. The molecule has 0 radical (unpaired) electrons. The molecule has 0 aromatic carbocycles. The third-order valence-corrected chi connectivity index (χ3v) is 6.15. The van der Waals surface area contributed by atoms with E-state index in [2.05, 4.69) is 0 Å². The molecular formula is C13H18O4S. The van der Waals surface area contributed by atoms with Crippen molar-refractivity contribution < 1.29 is 17.6 Å². The summed E-state index contributed by atoms with van der Waals surface area (Å²) in [6, 6.07) is 0. The summed E-state index contributed by atoms with van der Waals surface area (Å²) in [6.07, 6.45) is 3.76. The lowest BCUT2D eigenvalue weighted by Crippen LogP contribution is -2.12. The van der Waals surface area contributed by atoms with E-state index in [4.69, 9.17) is 4.42 Å². The van der Waals surface area contributed by atoms with Gasteiger partial charge in [0.1, 0.15) is 0 Å². The quantitative estimate of drug-likeness (QED) is 0.788. The molecule has 1 aliphatic rings. The van der Waals surface area contributed by atoms with E-state index in [1.807, 2.05) is 6.92 Å². The number of sulfone groups is 1. The molecule has 1 aromatic rings. The molecule has 18 heavy (non-hydrogen) atoms. The van der Waals surface area contributed by atoms with Gasteiger partial charge in [0.2, 0.25) is 0 Å². The van der Waals surface area contributed by atoms with Gasteiger partial charge in [0.05, 0.1) is 16.8 Å². The zero-order chi connectivity index (χ0) is 13.5. The van der Waals surface area contributed by atoms with Gasteiger partial charge in [0.25, 0.3) is 0 Å². The highest BCUT2D eigenvalue weighted by molar-refractivity contribution is 7.92. The van der Waals surface area contributed by atoms with Gasteiger partial charge in [-0.3, -0.25) is 4.79 Å². The Balaban J connectivity index is 2.53. The number of furan rings is 1. The normalized spacial score (nSPS) is 25.1. The first-order valence-corrected chi connectivity index (χ1v) is 7.87. The van der Waals surface area contributed by atoms with Crippen LogP contribution < -0.4 is 0 Å². The van der Waals surface area contributed by atoms with Crippen LogP contribution in [-0.2, 0) is 9.84 Å². The van der Waals surface area contributed by atoms with Crippen molar-refractivity contribution in [2.24, 2.45) is 0 Å². The van der Waals surface area contributed by atoms with Crippen molar-refractivity contribution in [3.63, 3.8) is 0 Å². The second-order valence-corrected chi connectivity index (χ2v) is 7.31. The summed E-state index contributed by atoms with van der Waals surface area (Å²) in [5.41, 5.74) is 1.28. The molecule has 4 nitrogen and oxygen atoms in total. The highest BCUT2D eigenvalue weighted by Crippen LogP contribution is 2.49. The van der Waals surface area contributed by atoms with Crippen molar-refractivity contribution in [1.82, 2.24) is 0 Å². The van der Waals surface area contributed by atoms with Crippen molar-refractivity contribution in [1.29, 1.82) is 0 Å². The number of ketones is 1. The van der Waals surface area contributed by atoms with Gasteiger partial charge in [-0.1, -0.05) is 19.8 Å². The molecule has 5 heteroatoms. The topological polar surface area (TPSA) is 64.3 Å². The number of hydrogen-bond donors (Lipinski definition) is 0. The first-order valence-electron chi connectivity index (χ1n) is 6.26. The largest absolute Gasteiger partial charge is 0.461 e. The Morgan fingerprint density at radius 3 is 2.67 bits per heavy atom. The van der Waals surface area contributed by atoms with E-state index < -0.39 is 20.3 Å². The minimum absolute atomic E-state index is 0.206. The van der Waals surface area contributed by atoms with E-state index in [0.29, 0.717) is 17.5 Å². The third-order valence-electron chi connectivity index (χ3n) is 3.65. The van der Waals surface area contributed by atoms with Crippen LogP contribution in [0.25, 0.3) is 0 Å². The van der Waals surface area contributed by atoms with Crippen molar-refractivity contribution in [2.75, 3.05) is 0 Å². The molecule has 2 atom stereocenters. The zero-order valence-corrected chi connectivity index (χ0v) is 11.7. The van der Waals surface area contributed by atoms with E-state index in [0.717, 1.165) is 12.8 Å². The summed E-state index contributed by atoms with van der Waals surface area (Å²) in [7, 11) is -3.22. The fourth-order valence-corrected chi connectivity index (χ4v) is 4.68. The van der Waals surface area contributed by atoms with Gasteiger partial charge in [-0.05, 0) is 13.3 Å². The maximum atomic E-state index is 12.3. The van der Waals surface area contributed by atoms with Gasteiger partial charge in [-0.15, -0.1) is 0 Å². The van der Waals surface area contributed by atoms with Gasteiger partial charge < -0.3 is 4.42 Å². The predicted octanol–water partition coefficient (Wildman–Crippen LogP) is 3.20. The van der Waals surface area contributed by atoms with Gasteiger partial charge in [-0.25, -0.2) is 8.42 Å². The lowest BCUT2D eigenvalue weighted by Gasteiger charge is -2.12. The number of rotatable bonds is 4. The number of Topliss-reactive ketones (excluding diaryl/α,β-unsaturated/α-hetero) is 1. The van der Waals surface area contributed by atoms with Gasteiger partial charge in [-0.2, -0.15) is 0 Å². The summed E-state index contributed by atoms with van der Waals surface area (Å²) in [6.45, 7) is 5.10. The number of carbonyl (C=O) groups excluding carboxylic acids is 1. The molecule has 2 heterocycles. The van der Waals surface area contributed by atoms with Gasteiger partial charge in [0.15, 0.2) is 21.4 Å². The summed E-state index contributed by atoms with van der Waals surface area (Å²) < 4.78 is 29.9. The summed E-state index contributed by atoms with van der Waals surface area (Å²) in [5, 5.41) is -1.13. The zero-order valence-electron chi connectivity index (χ0n) is 10.9. The van der Waals surface area contributed by atoms with Crippen molar-refractivity contribution in [2.45, 2.75) is 50.5 Å². The summed E-state index contributed by atoms with van der Waals surface area (Å²) in [5.74, 6) is 0.0149. The number of carbonyl (C=O) groups is 1. The van der Waals surface area contributed by atoms with Crippen molar-refractivity contribution >= 4 is 15.6 Å². The Morgan fingerprint density at radius 1 is 1.44 bits per heavy atom. The van der Waals surface area contributed by atoms with Crippen LogP contribution in [0.5, 0.6) is 0 Å². The lowest BCUT2D eigenvalue weighted by atomic mass is 10.0. The van der Waals surface area contributed by atoms with Crippen LogP contribution in [0.4, 0.5) is 0 Å². The standard InChI is InChI=1S/C13H18O4S/c1-4-5-6-11-12-10(9(3)18(11,15)16)7-17-13(12)8(2)14/h7,9,11H,4-6H2,1-3H3/t9-,11+/m1/s1. The van der Waals surface area contributed by atoms with Crippen LogP contribution in [-0.4, -0.2) is 14.2 Å². The maximum absolute atomic E-state index is 12.3. The molecule has 0 unspecified atom stereocenters. The van der Waals surface area contributed by atoms with E-state index in [1.54, 1.807) is 6.92 Å². The fraction of sp³-hybridized carbons (Fsp3) is 0.615. The molecule has 0 bridgehead atoms. The molecule has 0 saturated heterocycles. The van der Waals surface area contributed by atoms with Crippen LogP contribution in [0.2, 0.25) is 0 Å². The second kappa shape index (κ2) is 4.53. The van der Waals surface area contributed by atoms with Crippen LogP contribution in [0.1, 0.15) is 72.2 Å². The Bertz CT molecular complexity index is 568. The highest BCUT2D eigenvalue weighted by Gasteiger charge is 2.46. The van der Waals surface area contributed by atoms with Crippen LogP contribution >= 0.6 is 0 Å². The fourth-order valence-electron chi connectivity index (χ4n) is 2.59. The second-order valence-electron chi connectivity index (χ2n) is 4.85. The number of unbranched alkanes of at least 4 members (excludes halogenated alkanes) is 1. The van der Waals surface area contributed by atoms with E-state index >= 15 is 0 Å². The number of fused-ring (bicyclic) bond motifs is 1. The van der Waals surface area contributed by atoms with E-state index in [1.165, 1.54) is 13.2 Å². The van der Waals surface area contributed by atoms with Crippen LogP contribution in [0.15, 0.2) is 10.7 Å². The van der Waals surface area contributed by atoms with Gasteiger partial charge in [0, 0.05) is 18.1 Å². The molecular weight excluding hydrogens is 252 g/mol. The maximum Gasteiger partial charge on any atom is 0.195 e. The van der Waals surface area contributed by atoms with Crippen LogP contribution in [0.3, 0.4) is 0 Å². The molecule has 1 aliphatic heterocycles.